The van der Waals surface area contributed by atoms with E-state index in [9.17, 15) is 9.59 Å². The van der Waals surface area contributed by atoms with Crippen LogP contribution >= 0.6 is 23.4 Å². The predicted octanol–water partition coefficient (Wildman–Crippen LogP) is 4.73. The van der Waals surface area contributed by atoms with Gasteiger partial charge in [-0.3, -0.25) is 4.79 Å². The number of aromatic nitrogens is 2. The molecule has 8 nitrogen and oxygen atoms in total. The van der Waals surface area contributed by atoms with Crippen molar-refractivity contribution >= 4 is 41.1 Å². The van der Waals surface area contributed by atoms with Crippen molar-refractivity contribution in [3.8, 4) is 0 Å². The minimum absolute atomic E-state index is 0.0212. The summed E-state index contributed by atoms with van der Waals surface area (Å²) in [5.41, 5.74) is 2.28. The standard InChI is InChI=1S/C29H35ClN6O2S/c1-3-31-29(38)36-17-16-34(19-22(36)2)26-18-25(30)32-28(33-26)39-21-27(37)35(20-24-12-8-5-9-13-24)15-14-23-10-6-4-7-11-23/h4-13,18,22H,3,14-17,19-21H2,1-2H3,(H,31,38). The molecular formula is C29H35ClN6O2S. The average Bonchev–Trinajstić information content (AvgIpc) is 2.95. The summed E-state index contributed by atoms with van der Waals surface area (Å²) >= 11 is 7.66. The third-order valence-corrected chi connectivity index (χ3v) is 7.63. The third-order valence-electron chi connectivity index (χ3n) is 6.61. The fourth-order valence-corrected chi connectivity index (χ4v) is 5.54. The van der Waals surface area contributed by atoms with Gasteiger partial charge in [-0.1, -0.05) is 84.0 Å². The van der Waals surface area contributed by atoms with Crippen molar-refractivity contribution < 1.29 is 9.59 Å². The van der Waals surface area contributed by atoms with Gasteiger partial charge in [-0.2, -0.15) is 0 Å². The molecule has 1 aromatic heterocycles. The van der Waals surface area contributed by atoms with Gasteiger partial charge in [0, 0.05) is 51.4 Å². The minimum atomic E-state index is -0.0487. The summed E-state index contributed by atoms with van der Waals surface area (Å²) in [7, 11) is 0. The normalized spacial score (nSPS) is 15.2. The molecule has 206 valence electrons. The van der Waals surface area contributed by atoms with E-state index in [0.717, 1.165) is 12.0 Å². The second-order valence-electron chi connectivity index (χ2n) is 9.48. The Bertz CT molecular complexity index is 1230. The van der Waals surface area contributed by atoms with Crippen molar-refractivity contribution in [3.05, 3.63) is 83.0 Å². The van der Waals surface area contributed by atoms with Crippen LogP contribution in [-0.4, -0.2) is 76.2 Å². The summed E-state index contributed by atoms with van der Waals surface area (Å²) in [6.07, 6.45) is 0.780. The predicted molar refractivity (Wildman–Crippen MR) is 157 cm³/mol. The number of thioether (sulfide) groups is 1. The molecule has 1 aliphatic rings. The Balaban J connectivity index is 1.40. The summed E-state index contributed by atoms with van der Waals surface area (Å²) in [5.74, 6) is 0.939. The van der Waals surface area contributed by atoms with Crippen LogP contribution < -0.4 is 10.2 Å². The number of piperazine rings is 1. The lowest BCUT2D eigenvalue weighted by Gasteiger charge is -2.40. The number of hydrogen-bond acceptors (Lipinski definition) is 6. The Morgan fingerprint density at radius 3 is 2.41 bits per heavy atom. The van der Waals surface area contributed by atoms with E-state index in [1.54, 1.807) is 6.07 Å². The number of hydrogen-bond donors (Lipinski definition) is 1. The molecule has 39 heavy (non-hydrogen) atoms. The molecule has 0 saturated carbocycles. The molecule has 0 aliphatic carbocycles. The number of nitrogens with zero attached hydrogens (tertiary/aromatic N) is 5. The van der Waals surface area contributed by atoms with Crippen LogP contribution in [0.4, 0.5) is 10.6 Å². The van der Waals surface area contributed by atoms with Gasteiger partial charge >= 0.3 is 6.03 Å². The van der Waals surface area contributed by atoms with Crippen LogP contribution in [0.2, 0.25) is 5.15 Å². The van der Waals surface area contributed by atoms with Gasteiger partial charge in [0.05, 0.1) is 5.75 Å². The Labute approximate surface area is 239 Å². The van der Waals surface area contributed by atoms with Gasteiger partial charge in [0.1, 0.15) is 11.0 Å². The second-order valence-corrected chi connectivity index (χ2v) is 10.8. The van der Waals surface area contributed by atoms with Gasteiger partial charge in [0.25, 0.3) is 0 Å². The highest BCUT2D eigenvalue weighted by molar-refractivity contribution is 7.99. The van der Waals surface area contributed by atoms with Crippen molar-refractivity contribution in [2.24, 2.45) is 0 Å². The summed E-state index contributed by atoms with van der Waals surface area (Å²) in [6.45, 7) is 7.56. The van der Waals surface area contributed by atoms with Gasteiger partial charge in [-0.25, -0.2) is 14.8 Å². The lowest BCUT2D eigenvalue weighted by molar-refractivity contribution is -0.128. The van der Waals surface area contributed by atoms with Crippen molar-refractivity contribution in [1.29, 1.82) is 0 Å². The molecule has 1 N–H and O–H groups in total. The zero-order valence-corrected chi connectivity index (χ0v) is 24.0. The highest BCUT2D eigenvalue weighted by Gasteiger charge is 2.28. The van der Waals surface area contributed by atoms with E-state index in [0.29, 0.717) is 55.4 Å². The van der Waals surface area contributed by atoms with Crippen LogP contribution in [0.1, 0.15) is 25.0 Å². The maximum absolute atomic E-state index is 13.4. The van der Waals surface area contributed by atoms with Crippen LogP contribution in [-0.2, 0) is 17.8 Å². The number of nitrogens with one attached hydrogen (secondary N) is 1. The monoisotopic (exact) mass is 566 g/mol. The largest absolute Gasteiger partial charge is 0.353 e. The molecule has 1 unspecified atom stereocenters. The fourth-order valence-electron chi connectivity index (χ4n) is 4.55. The molecule has 2 heterocycles. The number of halogens is 1. The van der Waals surface area contributed by atoms with Crippen LogP contribution in [0.15, 0.2) is 71.9 Å². The van der Waals surface area contributed by atoms with Gasteiger partial charge in [-0.05, 0) is 31.4 Å². The SMILES string of the molecule is CCNC(=O)N1CCN(c2cc(Cl)nc(SCC(=O)N(CCc3ccccc3)Cc3ccccc3)n2)CC1C. The smallest absolute Gasteiger partial charge is 0.317 e. The van der Waals surface area contributed by atoms with E-state index in [4.69, 9.17) is 16.6 Å². The highest BCUT2D eigenvalue weighted by Crippen LogP contribution is 2.24. The number of rotatable bonds is 10. The maximum atomic E-state index is 13.4. The van der Waals surface area contributed by atoms with Crippen molar-refractivity contribution in [1.82, 2.24) is 25.1 Å². The quantitative estimate of drug-likeness (QED) is 0.217. The zero-order valence-electron chi connectivity index (χ0n) is 22.4. The molecular weight excluding hydrogens is 532 g/mol. The van der Waals surface area contributed by atoms with E-state index in [1.807, 2.05) is 72.2 Å². The molecule has 1 fully saturated rings. The third kappa shape index (κ3) is 8.34. The molecule has 1 saturated heterocycles. The van der Waals surface area contributed by atoms with Crippen LogP contribution in [0.25, 0.3) is 0 Å². The van der Waals surface area contributed by atoms with Gasteiger partial charge in [-0.15, -0.1) is 0 Å². The second kappa shape index (κ2) is 14.2. The number of benzene rings is 2. The van der Waals surface area contributed by atoms with Gasteiger partial charge < -0.3 is 20.0 Å². The number of urea groups is 1. The van der Waals surface area contributed by atoms with E-state index in [-0.39, 0.29) is 23.7 Å². The molecule has 0 radical (unpaired) electrons. The van der Waals surface area contributed by atoms with Crippen LogP contribution in [0.3, 0.4) is 0 Å². The van der Waals surface area contributed by atoms with E-state index in [1.165, 1.54) is 17.3 Å². The van der Waals surface area contributed by atoms with E-state index >= 15 is 0 Å². The molecule has 0 bridgehead atoms. The molecule has 1 aliphatic heterocycles. The first-order valence-electron chi connectivity index (χ1n) is 13.3. The summed E-state index contributed by atoms with van der Waals surface area (Å²) < 4.78 is 0. The first-order chi connectivity index (χ1) is 18.9. The summed E-state index contributed by atoms with van der Waals surface area (Å²) in [4.78, 5) is 40.6. The molecule has 10 heteroatoms. The first kappa shape index (κ1) is 28.7. The molecule has 4 rings (SSSR count). The molecule has 2 aromatic carbocycles. The van der Waals surface area contributed by atoms with Crippen LogP contribution in [0, 0.1) is 0 Å². The maximum Gasteiger partial charge on any atom is 0.317 e. The number of carbonyl (C=O) groups is 2. The lowest BCUT2D eigenvalue weighted by atomic mass is 10.1. The van der Waals surface area contributed by atoms with E-state index < -0.39 is 0 Å². The number of carbonyl (C=O) groups excluding carboxylic acids is 2. The van der Waals surface area contributed by atoms with Gasteiger partial charge in [0.15, 0.2) is 5.16 Å². The Morgan fingerprint density at radius 2 is 1.74 bits per heavy atom. The minimum Gasteiger partial charge on any atom is -0.353 e. The molecule has 0 spiro atoms. The molecule has 3 amide bonds. The Morgan fingerprint density at radius 1 is 1.05 bits per heavy atom. The lowest BCUT2D eigenvalue weighted by Crippen LogP contribution is -2.56. The van der Waals surface area contributed by atoms with Crippen molar-refractivity contribution in [2.75, 3.05) is 43.4 Å². The molecule has 1 atom stereocenters. The number of anilines is 1. The number of amides is 3. The van der Waals surface area contributed by atoms with E-state index in [2.05, 4.69) is 27.3 Å². The van der Waals surface area contributed by atoms with Crippen molar-refractivity contribution in [3.63, 3.8) is 0 Å². The zero-order chi connectivity index (χ0) is 27.6. The fraction of sp³-hybridized carbons (Fsp3) is 0.379. The van der Waals surface area contributed by atoms with Crippen molar-refractivity contribution in [2.45, 2.75) is 38.0 Å². The summed E-state index contributed by atoms with van der Waals surface area (Å²) in [5, 5.41) is 3.67. The van der Waals surface area contributed by atoms with Gasteiger partial charge in [0.2, 0.25) is 5.91 Å². The topological polar surface area (TPSA) is 81.7 Å². The average molecular weight is 567 g/mol. The summed E-state index contributed by atoms with van der Waals surface area (Å²) in [6, 6.07) is 21.9. The van der Waals surface area contributed by atoms with Crippen LogP contribution in [0.5, 0.6) is 0 Å². The Kier molecular flexibility index (Phi) is 10.4. The first-order valence-corrected chi connectivity index (χ1v) is 14.6. The molecule has 3 aromatic rings. The highest BCUT2D eigenvalue weighted by atomic mass is 35.5. The Hall–Kier alpha value is -3.30.